The van der Waals surface area contributed by atoms with E-state index in [9.17, 15) is 13.2 Å². The van der Waals surface area contributed by atoms with Gasteiger partial charge in [-0.25, -0.2) is 8.42 Å². The molecule has 1 fully saturated rings. The number of aryl methyl sites for hydroxylation is 3. The number of fused-ring (bicyclic) bond motifs is 1. The van der Waals surface area contributed by atoms with E-state index in [2.05, 4.69) is 17.6 Å². The normalized spacial score (nSPS) is 17.4. The Morgan fingerprint density at radius 3 is 2.53 bits per heavy atom. The molecular weight excluding hydrogens is 398 g/mol. The summed E-state index contributed by atoms with van der Waals surface area (Å²) in [5.41, 5.74) is 3.91. The first-order valence-electron chi connectivity index (χ1n) is 10.8. The van der Waals surface area contributed by atoms with E-state index in [1.165, 1.54) is 24.0 Å². The fraction of sp³-hybridized carbons (Fsp3) is 0.478. The summed E-state index contributed by atoms with van der Waals surface area (Å²) in [6.07, 6.45) is 11.5. The maximum Gasteiger partial charge on any atom is 0.290 e. The molecule has 4 rings (SSSR count). The molecule has 6 nitrogen and oxygen atoms in total. The van der Waals surface area contributed by atoms with Gasteiger partial charge in [0.05, 0.1) is 4.90 Å². The van der Waals surface area contributed by atoms with Crippen LogP contribution in [0.2, 0.25) is 0 Å². The molecule has 30 heavy (non-hydrogen) atoms. The predicted molar refractivity (Wildman–Crippen MR) is 116 cm³/mol. The molecule has 1 aliphatic heterocycles. The number of carbonyl (C=O) groups is 1. The molecule has 1 aromatic carbocycles. The highest BCUT2D eigenvalue weighted by molar-refractivity contribution is 7.89. The summed E-state index contributed by atoms with van der Waals surface area (Å²) in [7, 11) is -3.54. The fourth-order valence-electron chi connectivity index (χ4n) is 4.38. The second-order valence-corrected chi connectivity index (χ2v) is 10.3. The van der Waals surface area contributed by atoms with E-state index in [0.29, 0.717) is 24.3 Å². The topological polar surface area (TPSA) is 70.4 Å². The average molecular weight is 429 g/mol. The molecule has 0 saturated carbocycles. The number of amides is 1. The highest BCUT2D eigenvalue weighted by Gasteiger charge is 2.27. The molecule has 1 saturated heterocycles. The first-order valence-corrected chi connectivity index (χ1v) is 12.3. The van der Waals surface area contributed by atoms with Crippen LogP contribution in [-0.4, -0.2) is 31.7 Å². The molecular formula is C23H30N3O3S+. The average Bonchev–Trinajstić information content (AvgIpc) is 2.75. The fourth-order valence-corrected chi connectivity index (χ4v) is 6.15. The smallest absolute Gasteiger partial charge is 0.290 e. The number of nitrogens with one attached hydrogen (secondary N) is 1. The third-order valence-corrected chi connectivity index (χ3v) is 8.12. The van der Waals surface area contributed by atoms with Crippen LogP contribution in [-0.2, 0) is 34.2 Å². The molecule has 2 aromatic rings. The number of sulfonamides is 1. The van der Waals surface area contributed by atoms with Crippen molar-refractivity contribution in [1.82, 2.24) is 4.31 Å². The first-order chi connectivity index (χ1) is 14.4. The predicted octanol–water partition coefficient (Wildman–Crippen LogP) is 2.97. The van der Waals surface area contributed by atoms with Gasteiger partial charge < -0.3 is 5.32 Å². The van der Waals surface area contributed by atoms with Gasteiger partial charge in [0.2, 0.25) is 16.6 Å². The minimum atomic E-state index is -3.54. The Hall–Kier alpha value is -2.25. The minimum Gasteiger partial charge on any atom is -0.321 e. The summed E-state index contributed by atoms with van der Waals surface area (Å²) in [6.45, 7) is 3.13. The van der Waals surface area contributed by atoms with E-state index in [1.807, 2.05) is 10.8 Å². The SMILES string of the molecule is Cc1ccc(NC(=O)C[n+]2ccc3c(c2)CCCC3)cc1S(=O)(=O)N1CCCCC1. The van der Waals surface area contributed by atoms with Crippen molar-refractivity contribution in [3.8, 4) is 0 Å². The first kappa shape index (κ1) is 21.0. The quantitative estimate of drug-likeness (QED) is 0.745. The summed E-state index contributed by atoms with van der Waals surface area (Å²) >= 11 is 0. The molecule has 1 aliphatic carbocycles. The maximum absolute atomic E-state index is 13.1. The summed E-state index contributed by atoms with van der Waals surface area (Å²) in [4.78, 5) is 12.9. The Morgan fingerprint density at radius 2 is 1.77 bits per heavy atom. The van der Waals surface area contributed by atoms with Gasteiger partial charge >= 0.3 is 0 Å². The summed E-state index contributed by atoms with van der Waals surface area (Å²) in [5, 5.41) is 2.87. The van der Waals surface area contributed by atoms with Crippen LogP contribution in [0.15, 0.2) is 41.6 Å². The van der Waals surface area contributed by atoms with Gasteiger partial charge in [-0.3, -0.25) is 4.79 Å². The largest absolute Gasteiger partial charge is 0.321 e. The zero-order valence-electron chi connectivity index (χ0n) is 17.6. The van der Waals surface area contributed by atoms with Crippen molar-refractivity contribution in [2.45, 2.75) is 63.3 Å². The maximum atomic E-state index is 13.1. The third kappa shape index (κ3) is 4.57. The van der Waals surface area contributed by atoms with E-state index in [4.69, 9.17) is 0 Å². The lowest BCUT2D eigenvalue weighted by molar-refractivity contribution is -0.684. The Kier molecular flexibility index (Phi) is 6.20. The number of carbonyl (C=O) groups excluding carboxylic acids is 1. The second-order valence-electron chi connectivity index (χ2n) is 8.37. The number of hydrogen-bond donors (Lipinski definition) is 1. The van der Waals surface area contributed by atoms with Crippen molar-refractivity contribution in [2.24, 2.45) is 0 Å². The molecule has 7 heteroatoms. The summed E-state index contributed by atoms with van der Waals surface area (Å²) < 4.78 is 29.6. The molecule has 1 amide bonds. The van der Waals surface area contributed by atoms with E-state index >= 15 is 0 Å². The van der Waals surface area contributed by atoms with Gasteiger partial charge in [0, 0.05) is 30.4 Å². The number of benzene rings is 1. The molecule has 1 aromatic heterocycles. The van der Waals surface area contributed by atoms with Crippen molar-refractivity contribution in [3.63, 3.8) is 0 Å². The number of piperidine rings is 1. The minimum absolute atomic E-state index is 0.166. The van der Waals surface area contributed by atoms with Gasteiger partial charge in [0.15, 0.2) is 12.4 Å². The molecule has 0 bridgehead atoms. The van der Waals surface area contributed by atoms with Crippen LogP contribution in [0.4, 0.5) is 5.69 Å². The lowest BCUT2D eigenvalue weighted by Gasteiger charge is -2.26. The van der Waals surface area contributed by atoms with Gasteiger partial charge in [0.1, 0.15) is 0 Å². The van der Waals surface area contributed by atoms with Crippen LogP contribution in [0.3, 0.4) is 0 Å². The van der Waals surface area contributed by atoms with Gasteiger partial charge in [0.25, 0.3) is 5.91 Å². The monoisotopic (exact) mass is 428 g/mol. The van der Waals surface area contributed by atoms with Crippen LogP contribution in [0.25, 0.3) is 0 Å². The van der Waals surface area contributed by atoms with Crippen LogP contribution in [0.1, 0.15) is 48.8 Å². The lowest BCUT2D eigenvalue weighted by atomic mass is 9.93. The summed E-state index contributed by atoms with van der Waals surface area (Å²) in [5.74, 6) is -0.166. The highest BCUT2D eigenvalue weighted by atomic mass is 32.2. The van der Waals surface area contributed by atoms with Crippen molar-refractivity contribution in [2.75, 3.05) is 18.4 Å². The number of nitrogens with zero attached hydrogens (tertiary/aromatic N) is 2. The second kappa shape index (κ2) is 8.86. The van der Waals surface area contributed by atoms with E-state index in [-0.39, 0.29) is 17.3 Å². The summed E-state index contributed by atoms with van der Waals surface area (Å²) in [6, 6.07) is 7.23. The Bertz CT molecular complexity index is 1040. The number of aromatic nitrogens is 1. The zero-order chi connectivity index (χ0) is 21.1. The highest BCUT2D eigenvalue weighted by Crippen LogP contribution is 2.26. The van der Waals surface area contributed by atoms with Gasteiger partial charge in [-0.2, -0.15) is 8.87 Å². The molecule has 0 radical (unpaired) electrons. The standard InChI is InChI=1S/C23H29N3O3S/c1-18-9-10-21(15-22(18)30(28,29)26-12-5-2-6-13-26)24-23(27)17-25-14-11-19-7-3-4-8-20(19)16-25/h9-11,14-16H,2-8,12-13,17H2,1H3/p+1. The Balaban J connectivity index is 1.48. The molecule has 0 spiro atoms. The van der Waals surface area contributed by atoms with Gasteiger partial charge in [-0.05, 0) is 68.7 Å². The van der Waals surface area contributed by atoms with Crippen molar-refractivity contribution >= 4 is 21.6 Å². The van der Waals surface area contributed by atoms with Crippen molar-refractivity contribution < 1.29 is 17.8 Å². The van der Waals surface area contributed by atoms with E-state index < -0.39 is 10.0 Å². The van der Waals surface area contributed by atoms with Crippen LogP contribution < -0.4 is 9.88 Å². The zero-order valence-corrected chi connectivity index (χ0v) is 18.4. The van der Waals surface area contributed by atoms with Crippen LogP contribution >= 0.6 is 0 Å². The lowest BCUT2D eigenvalue weighted by Crippen LogP contribution is -2.40. The molecule has 2 heterocycles. The third-order valence-electron chi connectivity index (χ3n) is 6.07. The molecule has 160 valence electrons. The van der Waals surface area contributed by atoms with Crippen molar-refractivity contribution in [3.05, 3.63) is 53.3 Å². The van der Waals surface area contributed by atoms with E-state index in [0.717, 1.165) is 32.1 Å². The van der Waals surface area contributed by atoms with Gasteiger partial charge in [-0.1, -0.05) is 12.5 Å². The molecule has 1 N–H and O–H groups in total. The Morgan fingerprint density at radius 1 is 1.03 bits per heavy atom. The number of anilines is 1. The molecule has 0 atom stereocenters. The molecule has 2 aliphatic rings. The van der Waals surface area contributed by atoms with Crippen molar-refractivity contribution in [1.29, 1.82) is 0 Å². The number of hydrogen-bond acceptors (Lipinski definition) is 3. The van der Waals surface area contributed by atoms with Crippen LogP contribution in [0, 0.1) is 6.92 Å². The van der Waals surface area contributed by atoms with Crippen LogP contribution in [0.5, 0.6) is 0 Å². The number of pyridine rings is 1. The Labute approximate surface area is 179 Å². The van der Waals surface area contributed by atoms with Gasteiger partial charge in [-0.15, -0.1) is 0 Å². The van der Waals surface area contributed by atoms with E-state index in [1.54, 1.807) is 29.4 Å². The molecule has 0 unspecified atom stereocenters. The number of rotatable bonds is 5.